The van der Waals surface area contributed by atoms with E-state index in [-0.39, 0.29) is 12.5 Å². The predicted octanol–water partition coefficient (Wildman–Crippen LogP) is 4.63. The van der Waals surface area contributed by atoms with Crippen LogP contribution in [0.3, 0.4) is 0 Å². The molecule has 5 heteroatoms. The maximum Gasteiger partial charge on any atom is 0.262 e. The normalized spacial score (nSPS) is 10.3. The molecule has 0 aliphatic heterocycles. The molecule has 0 spiro atoms. The largest absolute Gasteiger partial charge is 0.484 e. The van der Waals surface area contributed by atoms with E-state index in [9.17, 15) is 4.79 Å². The van der Waals surface area contributed by atoms with Gasteiger partial charge in [0.2, 0.25) is 0 Å². The average Bonchev–Trinajstić information content (AvgIpc) is 2.45. The van der Waals surface area contributed by atoms with E-state index in [0.717, 1.165) is 5.56 Å². The monoisotopic (exact) mass is 323 g/mol. The Balaban J connectivity index is 1.96. The van der Waals surface area contributed by atoms with Crippen LogP contribution < -0.4 is 10.1 Å². The number of aryl methyl sites for hydroxylation is 2. The zero-order chi connectivity index (χ0) is 15.4. The molecule has 2 rings (SSSR count). The lowest BCUT2D eigenvalue weighted by Crippen LogP contribution is -2.20. The van der Waals surface area contributed by atoms with Crippen molar-refractivity contribution in [1.29, 1.82) is 0 Å². The maximum atomic E-state index is 11.9. The second-order valence-corrected chi connectivity index (χ2v) is 5.47. The Morgan fingerprint density at radius 1 is 1.14 bits per heavy atom. The van der Waals surface area contributed by atoms with E-state index in [1.807, 2.05) is 32.0 Å². The summed E-state index contributed by atoms with van der Waals surface area (Å²) in [5, 5.41) is 3.38. The second kappa shape index (κ2) is 6.83. The van der Waals surface area contributed by atoms with E-state index in [0.29, 0.717) is 21.5 Å². The molecule has 0 saturated heterocycles. The van der Waals surface area contributed by atoms with Gasteiger partial charge in [0.1, 0.15) is 5.75 Å². The van der Waals surface area contributed by atoms with Gasteiger partial charge in [0, 0.05) is 0 Å². The SMILES string of the molecule is Cc1ccc(OCC(=O)Nc2cccc(Cl)c2Cl)cc1C. The molecule has 0 atom stereocenters. The van der Waals surface area contributed by atoms with E-state index in [1.54, 1.807) is 18.2 Å². The Bertz CT molecular complexity index is 671. The van der Waals surface area contributed by atoms with Crippen molar-refractivity contribution in [3.63, 3.8) is 0 Å². The van der Waals surface area contributed by atoms with Crippen LogP contribution in [0, 0.1) is 13.8 Å². The summed E-state index contributed by atoms with van der Waals surface area (Å²) in [4.78, 5) is 11.9. The fourth-order valence-corrected chi connectivity index (χ4v) is 2.09. The lowest BCUT2D eigenvalue weighted by atomic mass is 10.1. The minimum atomic E-state index is -0.294. The van der Waals surface area contributed by atoms with Gasteiger partial charge < -0.3 is 10.1 Å². The maximum absolute atomic E-state index is 11.9. The van der Waals surface area contributed by atoms with Gasteiger partial charge in [-0.3, -0.25) is 4.79 Å². The molecule has 0 bridgehead atoms. The molecule has 2 aromatic rings. The van der Waals surface area contributed by atoms with Crippen LogP contribution in [0.25, 0.3) is 0 Å². The fourth-order valence-electron chi connectivity index (χ4n) is 1.74. The Hall–Kier alpha value is -1.71. The van der Waals surface area contributed by atoms with Crippen molar-refractivity contribution >= 4 is 34.8 Å². The van der Waals surface area contributed by atoms with Crippen LogP contribution in [0.5, 0.6) is 5.75 Å². The number of rotatable bonds is 4. The average molecular weight is 324 g/mol. The van der Waals surface area contributed by atoms with Gasteiger partial charge in [-0.25, -0.2) is 0 Å². The summed E-state index contributed by atoms with van der Waals surface area (Å²) in [5.74, 6) is 0.364. The first-order chi connectivity index (χ1) is 9.97. The molecule has 0 aliphatic carbocycles. The first kappa shape index (κ1) is 15.7. The molecular formula is C16H15Cl2NO2. The standard InChI is InChI=1S/C16H15Cl2NO2/c1-10-6-7-12(8-11(10)2)21-9-15(20)19-14-5-3-4-13(17)16(14)18/h3-8H,9H2,1-2H3,(H,19,20). The van der Waals surface area contributed by atoms with Crippen LogP contribution in [0.2, 0.25) is 10.0 Å². The third-order valence-corrected chi connectivity index (χ3v) is 3.89. The van der Waals surface area contributed by atoms with Crippen LogP contribution in [-0.2, 0) is 4.79 Å². The van der Waals surface area contributed by atoms with Crippen molar-refractivity contribution < 1.29 is 9.53 Å². The Kier molecular flexibility index (Phi) is 5.10. The van der Waals surface area contributed by atoms with Crippen LogP contribution in [-0.4, -0.2) is 12.5 Å². The van der Waals surface area contributed by atoms with Crippen LogP contribution in [0.15, 0.2) is 36.4 Å². The molecule has 3 nitrogen and oxygen atoms in total. The van der Waals surface area contributed by atoms with Crippen molar-refractivity contribution in [2.24, 2.45) is 0 Å². The van der Waals surface area contributed by atoms with Gasteiger partial charge in [-0.2, -0.15) is 0 Å². The number of carbonyl (C=O) groups is 1. The van der Waals surface area contributed by atoms with Gasteiger partial charge in [0.25, 0.3) is 5.91 Å². The summed E-state index contributed by atoms with van der Waals surface area (Å²) in [7, 11) is 0. The highest BCUT2D eigenvalue weighted by atomic mass is 35.5. The zero-order valence-corrected chi connectivity index (χ0v) is 13.3. The lowest BCUT2D eigenvalue weighted by Gasteiger charge is -2.10. The summed E-state index contributed by atoms with van der Waals surface area (Å²) >= 11 is 11.9. The second-order valence-electron chi connectivity index (χ2n) is 4.68. The number of carbonyl (C=O) groups excluding carboxylic acids is 1. The molecule has 1 N–H and O–H groups in total. The summed E-state index contributed by atoms with van der Waals surface area (Å²) in [6.45, 7) is 3.92. The summed E-state index contributed by atoms with van der Waals surface area (Å²) in [6, 6.07) is 10.7. The summed E-state index contributed by atoms with van der Waals surface area (Å²) in [5.41, 5.74) is 2.76. The molecule has 0 heterocycles. The molecule has 0 aromatic heterocycles. The number of benzene rings is 2. The molecular weight excluding hydrogens is 309 g/mol. The van der Waals surface area contributed by atoms with E-state index in [1.165, 1.54) is 5.56 Å². The fraction of sp³-hybridized carbons (Fsp3) is 0.188. The molecule has 21 heavy (non-hydrogen) atoms. The number of halogens is 2. The highest BCUT2D eigenvalue weighted by molar-refractivity contribution is 6.43. The molecule has 0 unspecified atom stereocenters. The third kappa shape index (κ3) is 4.13. The third-order valence-electron chi connectivity index (χ3n) is 3.07. The molecule has 0 saturated carbocycles. The van der Waals surface area contributed by atoms with E-state index in [4.69, 9.17) is 27.9 Å². The zero-order valence-electron chi connectivity index (χ0n) is 11.7. The highest BCUT2D eigenvalue weighted by Crippen LogP contribution is 2.29. The first-order valence-corrected chi connectivity index (χ1v) is 7.17. The van der Waals surface area contributed by atoms with Crippen LogP contribution in [0.1, 0.15) is 11.1 Å². The summed E-state index contributed by atoms with van der Waals surface area (Å²) < 4.78 is 5.46. The van der Waals surface area contributed by atoms with E-state index < -0.39 is 0 Å². The van der Waals surface area contributed by atoms with Crippen LogP contribution >= 0.6 is 23.2 Å². The number of hydrogen-bond acceptors (Lipinski definition) is 2. The Morgan fingerprint density at radius 2 is 1.90 bits per heavy atom. The predicted molar refractivity (Wildman–Crippen MR) is 86.5 cm³/mol. The minimum Gasteiger partial charge on any atom is -0.484 e. The number of nitrogens with one attached hydrogen (secondary N) is 1. The highest BCUT2D eigenvalue weighted by Gasteiger charge is 2.09. The molecule has 110 valence electrons. The lowest BCUT2D eigenvalue weighted by molar-refractivity contribution is -0.118. The molecule has 0 radical (unpaired) electrons. The molecule has 0 fully saturated rings. The van der Waals surface area contributed by atoms with Gasteiger partial charge in [0.05, 0.1) is 15.7 Å². The Labute approximate surface area is 133 Å². The number of hydrogen-bond donors (Lipinski definition) is 1. The molecule has 1 amide bonds. The topological polar surface area (TPSA) is 38.3 Å². The van der Waals surface area contributed by atoms with Crippen molar-refractivity contribution in [3.8, 4) is 5.75 Å². The van der Waals surface area contributed by atoms with Gasteiger partial charge >= 0.3 is 0 Å². The van der Waals surface area contributed by atoms with Gasteiger partial charge in [-0.15, -0.1) is 0 Å². The first-order valence-electron chi connectivity index (χ1n) is 6.41. The van der Waals surface area contributed by atoms with E-state index in [2.05, 4.69) is 5.32 Å². The van der Waals surface area contributed by atoms with Crippen molar-refractivity contribution in [2.75, 3.05) is 11.9 Å². The minimum absolute atomic E-state index is 0.0919. The number of ether oxygens (including phenoxy) is 1. The summed E-state index contributed by atoms with van der Waals surface area (Å²) in [6.07, 6.45) is 0. The number of anilines is 1. The number of amides is 1. The Morgan fingerprint density at radius 3 is 2.62 bits per heavy atom. The van der Waals surface area contributed by atoms with Crippen molar-refractivity contribution in [2.45, 2.75) is 13.8 Å². The van der Waals surface area contributed by atoms with Gasteiger partial charge in [-0.05, 0) is 49.2 Å². The van der Waals surface area contributed by atoms with Crippen molar-refractivity contribution in [3.05, 3.63) is 57.6 Å². The quantitative estimate of drug-likeness (QED) is 0.890. The smallest absolute Gasteiger partial charge is 0.262 e. The van der Waals surface area contributed by atoms with Gasteiger partial charge in [0.15, 0.2) is 6.61 Å². The van der Waals surface area contributed by atoms with Gasteiger partial charge in [-0.1, -0.05) is 35.3 Å². The molecule has 0 aliphatic rings. The van der Waals surface area contributed by atoms with Crippen molar-refractivity contribution in [1.82, 2.24) is 0 Å². The molecule has 2 aromatic carbocycles. The van der Waals surface area contributed by atoms with Crippen LogP contribution in [0.4, 0.5) is 5.69 Å². The van der Waals surface area contributed by atoms with E-state index >= 15 is 0 Å².